The molecule has 0 saturated carbocycles. The fraction of sp³-hybridized carbons (Fsp3) is 0.154. The molecule has 4 heteroatoms. The van der Waals surface area contributed by atoms with Crippen LogP contribution in [-0.4, -0.2) is 25.5 Å². The van der Waals surface area contributed by atoms with Crippen molar-refractivity contribution >= 4 is 11.9 Å². The fourth-order valence-electron chi connectivity index (χ4n) is 1.56. The van der Waals surface area contributed by atoms with Gasteiger partial charge in [0.25, 0.3) is 0 Å². The van der Waals surface area contributed by atoms with Crippen molar-refractivity contribution in [3.63, 3.8) is 0 Å². The van der Waals surface area contributed by atoms with E-state index in [1.165, 1.54) is 6.21 Å². The van der Waals surface area contributed by atoms with Crippen LogP contribution < -0.4 is 4.90 Å². The van der Waals surface area contributed by atoms with Gasteiger partial charge in [-0.1, -0.05) is 5.16 Å². The normalized spacial score (nSPS) is 10.9. The van der Waals surface area contributed by atoms with E-state index in [9.17, 15) is 0 Å². The summed E-state index contributed by atoms with van der Waals surface area (Å²) >= 11 is 0. The monoisotopic (exact) mass is 230 g/mol. The van der Waals surface area contributed by atoms with Gasteiger partial charge in [-0.05, 0) is 36.4 Å². The molecule has 0 unspecified atom stereocenters. The Morgan fingerprint density at radius 2 is 1.82 bits per heavy atom. The summed E-state index contributed by atoms with van der Waals surface area (Å²) in [7, 11) is 4.00. The van der Waals surface area contributed by atoms with Gasteiger partial charge >= 0.3 is 0 Å². The summed E-state index contributed by atoms with van der Waals surface area (Å²) in [6, 6.07) is 11.6. The van der Waals surface area contributed by atoms with Crippen molar-refractivity contribution in [1.82, 2.24) is 0 Å². The van der Waals surface area contributed by atoms with Gasteiger partial charge in [0.05, 0.1) is 0 Å². The van der Waals surface area contributed by atoms with Crippen LogP contribution in [0.3, 0.4) is 0 Å². The van der Waals surface area contributed by atoms with Crippen LogP contribution in [0.5, 0.6) is 0 Å². The molecule has 1 heterocycles. The summed E-state index contributed by atoms with van der Waals surface area (Å²) in [6.07, 6.45) is 1.26. The maximum atomic E-state index is 8.40. The highest BCUT2D eigenvalue weighted by Crippen LogP contribution is 2.23. The minimum Gasteiger partial charge on any atom is -0.455 e. The molecule has 1 aromatic carbocycles. The van der Waals surface area contributed by atoms with Gasteiger partial charge < -0.3 is 14.5 Å². The first-order valence-corrected chi connectivity index (χ1v) is 5.26. The number of hydrogen-bond acceptors (Lipinski definition) is 4. The number of furan rings is 1. The first-order valence-electron chi connectivity index (χ1n) is 5.26. The standard InChI is InChI=1S/C13H14N2O2/c1-15(2)11-5-3-10(4-6-11)13-8-7-12(17-13)9-14-16/h3-9,16H,1-2H3. The molecule has 2 rings (SSSR count). The molecule has 0 fully saturated rings. The second kappa shape index (κ2) is 4.74. The summed E-state index contributed by atoms with van der Waals surface area (Å²) in [5.74, 6) is 1.28. The molecule has 0 aliphatic carbocycles. The Kier molecular flexibility index (Phi) is 3.14. The average Bonchev–Trinajstić information content (AvgIpc) is 2.78. The van der Waals surface area contributed by atoms with E-state index in [1.54, 1.807) is 6.07 Å². The van der Waals surface area contributed by atoms with E-state index in [1.807, 2.05) is 49.3 Å². The molecule has 17 heavy (non-hydrogen) atoms. The van der Waals surface area contributed by atoms with Gasteiger partial charge in [-0.3, -0.25) is 0 Å². The summed E-state index contributed by atoms with van der Waals surface area (Å²) < 4.78 is 5.49. The van der Waals surface area contributed by atoms with Crippen molar-refractivity contribution in [3.05, 3.63) is 42.2 Å². The third kappa shape index (κ3) is 2.47. The quantitative estimate of drug-likeness (QED) is 0.501. The van der Waals surface area contributed by atoms with Crippen LogP contribution in [-0.2, 0) is 0 Å². The first kappa shape index (κ1) is 11.3. The van der Waals surface area contributed by atoms with Crippen molar-refractivity contribution in [2.45, 2.75) is 0 Å². The number of oxime groups is 1. The Morgan fingerprint density at radius 1 is 1.12 bits per heavy atom. The van der Waals surface area contributed by atoms with Gasteiger partial charge in [-0.25, -0.2) is 0 Å². The van der Waals surface area contributed by atoms with Crippen LogP contribution in [0.1, 0.15) is 5.76 Å². The van der Waals surface area contributed by atoms with E-state index in [0.717, 1.165) is 17.0 Å². The molecule has 0 radical (unpaired) electrons. The largest absolute Gasteiger partial charge is 0.455 e. The van der Waals surface area contributed by atoms with Crippen molar-refractivity contribution in [3.8, 4) is 11.3 Å². The average molecular weight is 230 g/mol. The number of nitrogens with zero attached hydrogens (tertiary/aromatic N) is 2. The van der Waals surface area contributed by atoms with Gasteiger partial charge in [0.2, 0.25) is 0 Å². The summed E-state index contributed by atoms with van der Waals surface area (Å²) in [5.41, 5.74) is 2.13. The van der Waals surface area contributed by atoms with E-state index in [0.29, 0.717) is 5.76 Å². The summed E-state index contributed by atoms with van der Waals surface area (Å²) in [6.45, 7) is 0. The van der Waals surface area contributed by atoms with Crippen LogP contribution in [0.15, 0.2) is 46.0 Å². The highest BCUT2D eigenvalue weighted by atomic mass is 16.4. The molecule has 0 saturated heterocycles. The summed E-state index contributed by atoms with van der Waals surface area (Å²) in [4.78, 5) is 2.04. The highest BCUT2D eigenvalue weighted by molar-refractivity contribution is 5.77. The van der Waals surface area contributed by atoms with E-state index in [-0.39, 0.29) is 0 Å². The second-order valence-corrected chi connectivity index (χ2v) is 3.89. The molecule has 1 aromatic heterocycles. The van der Waals surface area contributed by atoms with Crippen molar-refractivity contribution in [1.29, 1.82) is 0 Å². The van der Waals surface area contributed by atoms with Gasteiger partial charge in [0, 0.05) is 25.3 Å². The number of anilines is 1. The Morgan fingerprint density at radius 3 is 2.41 bits per heavy atom. The minimum absolute atomic E-state index is 0.527. The van der Waals surface area contributed by atoms with Gasteiger partial charge in [-0.15, -0.1) is 0 Å². The molecule has 2 aromatic rings. The number of rotatable bonds is 3. The molecule has 88 valence electrons. The SMILES string of the molecule is CN(C)c1ccc(-c2ccc(C=NO)o2)cc1. The zero-order valence-corrected chi connectivity index (χ0v) is 9.79. The zero-order valence-electron chi connectivity index (χ0n) is 9.79. The van der Waals surface area contributed by atoms with Crippen molar-refractivity contribution < 1.29 is 9.62 Å². The van der Waals surface area contributed by atoms with Crippen LogP contribution in [0.2, 0.25) is 0 Å². The molecule has 4 nitrogen and oxygen atoms in total. The summed E-state index contributed by atoms with van der Waals surface area (Å²) in [5, 5.41) is 11.3. The lowest BCUT2D eigenvalue weighted by Gasteiger charge is -2.11. The Labute approximate surface area is 99.8 Å². The molecular formula is C13H14N2O2. The lowest BCUT2D eigenvalue weighted by Crippen LogP contribution is -2.07. The molecule has 0 bridgehead atoms. The van der Waals surface area contributed by atoms with E-state index in [2.05, 4.69) is 5.16 Å². The fourth-order valence-corrected chi connectivity index (χ4v) is 1.56. The van der Waals surface area contributed by atoms with E-state index < -0.39 is 0 Å². The molecular weight excluding hydrogens is 216 g/mol. The van der Waals surface area contributed by atoms with Crippen molar-refractivity contribution in [2.75, 3.05) is 19.0 Å². The third-order valence-electron chi connectivity index (χ3n) is 2.48. The van der Waals surface area contributed by atoms with Gasteiger partial charge in [0.1, 0.15) is 17.7 Å². The highest BCUT2D eigenvalue weighted by Gasteiger charge is 2.04. The molecule has 0 atom stereocenters. The Balaban J connectivity index is 2.26. The second-order valence-electron chi connectivity index (χ2n) is 3.89. The lowest BCUT2D eigenvalue weighted by molar-refractivity contribution is 0.321. The zero-order chi connectivity index (χ0) is 12.3. The van der Waals surface area contributed by atoms with Crippen LogP contribution in [0.25, 0.3) is 11.3 Å². The first-order chi connectivity index (χ1) is 8.20. The smallest absolute Gasteiger partial charge is 0.149 e. The third-order valence-corrected chi connectivity index (χ3v) is 2.48. The lowest BCUT2D eigenvalue weighted by atomic mass is 10.1. The molecule has 0 aliphatic heterocycles. The van der Waals surface area contributed by atoms with Crippen LogP contribution in [0.4, 0.5) is 5.69 Å². The topological polar surface area (TPSA) is 49.0 Å². The Bertz CT molecular complexity index is 512. The van der Waals surface area contributed by atoms with Crippen LogP contribution >= 0.6 is 0 Å². The Hall–Kier alpha value is -2.23. The number of benzene rings is 1. The molecule has 0 aliphatic rings. The molecule has 1 N–H and O–H groups in total. The van der Waals surface area contributed by atoms with Crippen molar-refractivity contribution in [2.24, 2.45) is 5.16 Å². The predicted octanol–water partition coefficient (Wildman–Crippen LogP) is 2.82. The minimum atomic E-state index is 0.527. The van der Waals surface area contributed by atoms with E-state index in [4.69, 9.17) is 9.62 Å². The predicted molar refractivity (Wildman–Crippen MR) is 67.9 cm³/mol. The maximum Gasteiger partial charge on any atom is 0.149 e. The molecule has 0 amide bonds. The maximum absolute atomic E-state index is 8.40. The van der Waals surface area contributed by atoms with Gasteiger partial charge in [-0.2, -0.15) is 0 Å². The number of hydrogen-bond donors (Lipinski definition) is 1. The van der Waals surface area contributed by atoms with Gasteiger partial charge in [0.15, 0.2) is 0 Å². The van der Waals surface area contributed by atoms with E-state index >= 15 is 0 Å². The molecule has 0 spiro atoms. The van der Waals surface area contributed by atoms with Crippen LogP contribution in [0, 0.1) is 0 Å².